The van der Waals surface area contributed by atoms with Crippen molar-refractivity contribution in [3.8, 4) is 0 Å². The molecule has 0 radical (unpaired) electrons. The van der Waals surface area contributed by atoms with Crippen LogP contribution in [0.2, 0.25) is 0 Å². The van der Waals surface area contributed by atoms with Gasteiger partial charge in [0.05, 0.1) is 0 Å². The quantitative estimate of drug-likeness (QED) is 0.434. The van der Waals surface area contributed by atoms with Gasteiger partial charge in [0.1, 0.15) is 31.0 Å². The van der Waals surface area contributed by atoms with Crippen LogP contribution in [0.1, 0.15) is 13.8 Å². The van der Waals surface area contributed by atoms with Crippen LogP contribution < -0.4 is 0 Å². The molecule has 7 heteroatoms. The summed E-state index contributed by atoms with van der Waals surface area (Å²) in [6.07, 6.45) is -6.21. The number of rotatable bonds is 5. The van der Waals surface area contributed by atoms with Crippen LogP contribution in [0.15, 0.2) is 12.2 Å². The van der Waals surface area contributed by atoms with Gasteiger partial charge in [-0.05, 0) is 13.8 Å². The number of carbonyl (C=O) groups is 1. The van der Waals surface area contributed by atoms with E-state index in [4.69, 9.17) is 14.2 Å². The summed E-state index contributed by atoms with van der Waals surface area (Å²) in [6, 6.07) is 0. The third kappa shape index (κ3) is 3.99. The molecular formula is C12H20O7. The summed E-state index contributed by atoms with van der Waals surface area (Å²) in [5.41, 5.74) is 0.215. The molecule has 0 bridgehead atoms. The van der Waals surface area contributed by atoms with E-state index < -0.39 is 36.7 Å². The molecule has 0 aromatic carbocycles. The number of esters is 1. The molecule has 1 fully saturated rings. The first-order valence-electron chi connectivity index (χ1n) is 6.02. The highest BCUT2D eigenvalue weighted by Crippen LogP contribution is 2.22. The van der Waals surface area contributed by atoms with Crippen LogP contribution in [0.5, 0.6) is 0 Å². The van der Waals surface area contributed by atoms with Crippen molar-refractivity contribution in [2.75, 3.05) is 13.2 Å². The Labute approximate surface area is 111 Å². The van der Waals surface area contributed by atoms with Crippen molar-refractivity contribution >= 4 is 5.97 Å². The van der Waals surface area contributed by atoms with E-state index in [-0.39, 0.29) is 18.8 Å². The van der Waals surface area contributed by atoms with E-state index in [1.807, 2.05) is 0 Å². The smallest absolute Gasteiger partial charge is 0.333 e. The monoisotopic (exact) mass is 276 g/mol. The second-order valence-electron chi connectivity index (χ2n) is 4.35. The molecule has 1 aliphatic heterocycles. The van der Waals surface area contributed by atoms with Gasteiger partial charge in [-0.3, -0.25) is 0 Å². The lowest BCUT2D eigenvalue weighted by Crippen LogP contribution is -2.59. The van der Waals surface area contributed by atoms with Crippen molar-refractivity contribution < 1.29 is 34.3 Å². The molecular weight excluding hydrogens is 256 g/mol. The maximum Gasteiger partial charge on any atom is 0.333 e. The van der Waals surface area contributed by atoms with Crippen molar-refractivity contribution in [1.82, 2.24) is 0 Å². The van der Waals surface area contributed by atoms with Gasteiger partial charge in [0.15, 0.2) is 6.29 Å². The average Bonchev–Trinajstić information content (AvgIpc) is 2.37. The molecule has 1 saturated heterocycles. The fraction of sp³-hybridized carbons (Fsp3) is 0.750. The van der Waals surface area contributed by atoms with Crippen LogP contribution in [0.4, 0.5) is 0 Å². The zero-order valence-corrected chi connectivity index (χ0v) is 11.0. The van der Waals surface area contributed by atoms with Crippen LogP contribution >= 0.6 is 0 Å². The predicted molar refractivity (Wildman–Crippen MR) is 64.1 cm³/mol. The van der Waals surface area contributed by atoms with E-state index in [1.54, 1.807) is 6.92 Å². The maximum absolute atomic E-state index is 11.2. The molecule has 19 heavy (non-hydrogen) atoms. The van der Waals surface area contributed by atoms with Gasteiger partial charge in [0.2, 0.25) is 0 Å². The molecule has 0 aromatic rings. The molecule has 0 amide bonds. The molecule has 1 rings (SSSR count). The number of carbonyl (C=O) groups excluding carboxylic acids is 1. The molecule has 7 nitrogen and oxygen atoms in total. The topological polar surface area (TPSA) is 105 Å². The Morgan fingerprint density at radius 2 is 1.89 bits per heavy atom. The van der Waals surface area contributed by atoms with E-state index in [1.165, 1.54) is 6.92 Å². The number of hydrogen-bond acceptors (Lipinski definition) is 7. The Kier molecular flexibility index (Phi) is 5.89. The average molecular weight is 276 g/mol. The van der Waals surface area contributed by atoms with E-state index in [0.717, 1.165) is 0 Å². The third-order valence-corrected chi connectivity index (χ3v) is 2.73. The summed E-state index contributed by atoms with van der Waals surface area (Å²) in [7, 11) is 0. The van der Waals surface area contributed by atoms with Crippen molar-refractivity contribution in [2.45, 2.75) is 44.6 Å². The molecule has 1 unspecified atom stereocenters. The summed E-state index contributed by atoms with van der Waals surface area (Å²) >= 11 is 0. The van der Waals surface area contributed by atoms with Gasteiger partial charge < -0.3 is 29.5 Å². The van der Waals surface area contributed by atoms with Gasteiger partial charge in [-0.25, -0.2) is 4.79 Å². The highest BCUT2D eigenvalue weighted by molar-refractivity contribution is 5.86. The molecule has 110 valence electrons. The molecule has 5 atom stereocenters. The van der Waals surface area contributed by atoms with Gasteiger partial charge in [-0.15, -0.1) is 0 Å². The largest absolute Gasteiger partial charge is 0.459 e. The molecule has 0 aromatic heterocycles. The Hall–Kier alpha value is -0.990. The van der Waals surface area contributed by atoms with Crippen molar-refractivity contribution in [2.24, 2.45) is 0 Å². The minimum atomic E-state index is -1.43. The van der Waals surface area contributed by atoms with Crippen molar-refractivity contribution in [3.05, 3.63) is 12.2 Å². The number of aliphatic hydroxyl groups excluding tert-OH is 3. The molecule has 0 saturated carbocycles. The minimum absolute atomic E-state index is 0.215. The number of ether oxygens (including phenoxy) is 3. The lowest BCUT2D eigenvalue weighted by molar-refractivity contribution is -0.300. The number of aliphatic hydroxyl groups is 3. The van der Waals surface area contributed by atoms with Crippen molar-refractivity contribution in [3.63, 3.8) is 0 Å². The number of hydrogen-bond donors (Lipinski definition) is 3. The Balaban J connectivity index is 2.61. The zero-order valence-electron chi connectivity index (χ0n) is 11.0. The molecule has 0 spiro atoms. The highest BCUT2D eigenvalue weighted by Gasteiger charge is 2.44. The molecule has 3 N–H and O–H groups in total. The van der Waals surface area contributed by atoms with Crippen LogP contribution in [0.25, 0.3) is 0 Å². The predicted octanol–water partition coefficient (Wildman–Crippen LogP) is -1.05. The second-order valence-corrected chi connectivity index (χ2v) is 4.35. The Bertz CT molecular complexity index is 330. The Morgan fingerprint density at radius 1 is 1.26 bits per heavy atom. The van der Waals surface area contributed by atoms with Gasteiger partial charge >= 0.3 is 5.97 Å². The summed E-state index contributed by atoms with van der Waals surface area (Å²) in [5, 5.41) is 29.1. The minimum Gasteiger partial charge on any atom is -0.459 e. The molecule has 1 aliphatic rings. The van der Waals surface area contributed by atoms with E-state index in [9.17, 15) is 20.1 Å². The van der Waals surface area contributed by atoms with Crippen LogP contribution in [-0.4, -0.2) is 65.2 Å². The van der Waals surface area contributed by atoms with Gasteiger partial charge in [-0.2, -0.15) is 0 Å². The summed E-state index contributed by atoms with van der Waals surface area (Å²) in [5.74, 6) is -0.621. The summed E-state index contributed by atoms with van der Waals surface area (Å²) in [4.78, 5) is 11.2. The first kappa shape index (κ1) is 16.1. The van der Waals surface area contributed by atoms with E-state index >= 15 is 0 Å². The summed E-state index contributed by atoms with van der Waals surface area (Å²) in [6.45, 7) is 6.61. The van der Waals surface area contributed by atoms with E-state index in [2.05, 4.69) is 6.58 Å². The first-order valence-corrected chi connectivity index (χ1v) is 6.02. The first-order chi connectivity index (χ1) is 8.88. The fourth-order valence-electron chi connectivity index (χ4n) is 1.64. The van der Waals surface area contributed by atoms with Gasteiger partial charge in [0.25, 0.3) is 0 Å². The van der Waals surface area contributed by atoms with Gasteiger partial charge in [0, 0.05) is 12.2 Å². The normalized spacial score (nSPS) is 34.9. The molecule has 1 heterocycles. The highest BCUT2D eigenvalue weighted by atomic mass is 16.7. The van der Waals surface area contributed by atoms with Crippen molar-refractivity contribution in [1.29, 1.82) is 0 Å². The lowest BCUT2D eigenvalue weighted by atomic mass is 9.99. The zero-order chi connectivity index (χ0) is 14.6. The fourth-order valence-corrected chi connectivity index (χ4v) is 1.64. The lowest BCUT2D eigenvalue weighted by Gasteiger charge is -2.39. The van der Waals surface area contributed by atoms with Crippen LogP contribution in [-0.2, 0) is 19.0 Å². The van der Waals surface area contributed by atoms with Crippen LogP contribution in [0, 0.1) is 0 Å². The summed E-state index contributed by atoms with van der Waals surface area (Å²) < 4.78 is 15.2. The SMILES string of the molecule is C=C(C)C(=O)OC[C@H]1OC(OCC)[C@H](O)[C@@H](O)[C@@H]1O. The van der Waals surface area contributed by atoms with E-state index in [0.29, 0.717) is 0 Å². The van der Waals surface area contributed by atoms with Crippen LogP contribution in [0.3, 0.4) is 0 Å². The Morgan fingerprint density at radius 3 is 2.42 bits per heavy atom. The second kappa shape index (κ2) is 6.97. The molecule has 0 aliphatic carbocycles. The van der Waals surface area contributed by atoms with Gasteiger partial charge in [-0.1, -0.05) is 6.58 Å². The standard InChI is InChI=1S/C12H20O7/c1-4-17-12-10(15)9(14)8(13)7(19-12)5-18-11(16)6(2)3/h7-10,12-15H,2,4-5H2,1,3H3/t7-,8-,9+,10-,12?/m1/s1. The third-order valence-electron chi connectivity index (χ3n) is 2.73. The maximum atomic E-state index is 11.2.